The van der Waals surface area contributed by atoms with E-state index in [2.05, 4.69) is 22.6 Å². The second-order valence-corrected chi connectivity index (χ2v) is 8.11. The number of rotatable bonds is 4. The molecule has 1 fully saturated rings. The quantitative estimate of drug-likeness (QED) is 0.703. The molecule has 1 amide bonds. The Morgan fingerprint density at radius 1 is 1.20 bits per heavy atom. The normalized spacial score (nSPS) is 20.9. The Morgan fingerprint density at radius 2 is 1.93 bits per heavy atom. The van der Waals surface area contributed by atoms with E-state index in [0.29, 0.717) is 17.3 Å². The number of nitrogens with zero attached hydrogens (tertiary/aromatic N) is 3. The van der Waals surface area contributed by atoms with Crippen molar-refractivity contribution in [3.05, 3.63) is 59.0 Å². The third-order valence-corrected chi connectivity index (χ3v) is 6.02. The zero-order valence-corrected chi connectivity index (χ0v) is 17.1. The second kappa shape index (κ2) is 6.93. The molecule has 2 aromatic carbocycles. The number of benzene rings is 2. The first-order chi connectivity index (χ1) is 14.5. The molecule has 1 N–H and O–H groups in total. The Labute approximate surface area is 173 Å². The maximum atomic E-state index is 13.4. The molecule has 30 heavy (non-hydrogen) atoms. The second-order valence-electron chi connectivity index (χ2n) is 8.11. The Morgan fingerprint density at radius 3 is 2.53 bits per heavy atom. The third-order valence-electron chi connectivity index (χ3n) is 6.02. The van der Waals surface area contributed by atoms with Gasteiger partial charge in [-0.2, -0.15) is 5.10 Å². The minimum Gasteiger partial charge on any atom is -0.392 e. The van der Waals surface area contributed by atoms with Crippen LogP contribution < -0.4 is 5.32 Å². The molecular weight excluding hydrogens is 383 g/mol. The van der Waals surface area contributed by atoms with Crippen LogP contribution in [-0.4, -0.2) is 34.6 Å². The van der Waals surface area contributed by atoms with Crippen molar-refractivity contribution in [1.29, 1.82) is 0 Å². The molecule has 0 radical (unpaired) electrons. The molecule has 0 saturated heterocycles. The van der Waals surface area contributed by atoms with E-state index in [-0.39, 0.29) is 23.7 Å². The molecule has 1 aromatic heterocycles. The van der Waals surface area contributed by atoms with Crippen molar-refractivity contribution in [2.24, 2.45) is 5.16 Å². The van der Waals surface area contributed by atoms with Crippen molar-refractivity contribution >= 4 is 22.5 Å². The molecule has 2 heterocycles. The summed E-state index contributed by atoms with van der Waals surface area (Å²) in [6.07, 6.45) is 2.23. The van der Waals surface area contributed by atoms with Gasteiger partial charge in [0.25, 0.3) is 5.91 Å². The van der Waals surface area contributed by atoms with Crippen molar-refractivity contribution in [1.82, 2.24) is 15.1 Å². The number of aromatic nitrogens is 2. The highest BCUT2D eigenvalue weighted by molar-refractivity contribution is 6.06. The summed E-state index contributed by atoms with van der Waals surface area (Å²) in [5, 5.41) is 12.4. The zero-order valence-electron chi connectivity index (χ0n) is 17.1. The SMILES string of the molecule is CNC(=O)c1c2cc(C3CC3)c(C3C(C)=NOC3C)cc2nn1-c1ccc(F)cc1. The number of fused-ring (bicyclic) bond motifs is 1. The number of carbonyl (C=O) groups excluding carboxylic acids is 1. The van der Waals surface area contributed by atoms with Crippen LogP contribution >= 0.6 is 0 Å². The van der Waals surface area contributed by atoms with E-state index < -0.39 is 0 Å². The van der Waals surface area contributed by atoms with Crippen molar-refractivity contribution in [3.63, 3.8) is 0 Å². The summed E-state index contributed by atoms with van der Waals surface area (Å²) in [7, 11) is 1.60. The highest BCUT2D eigenvalue weighted by atomic mass is 19.1. The highest BCUT2D eigenvalue weighted by Crippen LogP contribution is 2.46. The summed E-state index contributed by atoms with van der Waals surface area (Å²) in [6.45, 7) is 4.01. The van der Waals surface area contributed by atoms with Crippen molar-refractivity contribution in [2.75, 3.05) is 7.05 Å². The van der Waals surface area contributed by atoms with Crippen LogP contribution in [0.1, 0.15) is 60.1 Å². The zero-order chi connectivity index (χ0) is 21.0. The predicted octanol–water partition coefficient (Wildman–Crippen LogP) is 4.28. The Bertz CT molecular complexity index is 1180. The van der Waals surface area contributed by atoms with Crippen LogP contribution in [0.2, 0.25) is 0 Å². The number of hydrogen-bond acceptors (Lipinski definition) is 4. The fourth-order valence-electron chi connectivity index (χ4n) is 4.39. The smallest absolute Gasteiger partial charge is 0.270 e. The number of carbonyl (C=O) groups is 1. The summed E-state index contributed by atoms with van der Waals surface area (Å²) in [4.78, 5) is 18.3. The molecule has 2 unspecified atom stereocenters. The molecule has 5 rings (SSSR count). The lowest BCUT2D eigenvalue weighted by Crippen LogP contribution is -2.22. The third kappa shape index (κ3) is 2.96. The van der Waals surface area contributed by atoms with E-state index in [9.17, 15) is 9.18 Å². The van der Waals surface area contributed by atoms with E-state index >= 15 is 0 Å². The first-order valence-electron chi connectivity index (χ1n) is 10.2. The molecule has 1 aliphatic heterocycles. The van der Waals surface area contributed by atoms with Crippen LogP contribution in [0.3, 0.4) is 0 Å². The average Bonchev–Trinajstić information content (AvgIpc) is 3.44. The monoisotopic (exact) mass is 406 g/mol. The largest absolute Gasteiger partial charge is 0.392 e. The fraction of sp³-hybridized carbons (Fsp3) is 0.348. The molecule has 0 bridgehead atoms. The van der Waals surface area contributed by atoms with Crippen molar-refractivity contribution in [3.8, 4) is 5.69 Å². The van der Waals surface area contributed by atoms with Crippen LogP contribution in [-0.2, 0) is 4.84 Å². The number of halogens is 1. The summed E-state index contributed by atoms with van der Waals surface area (Å²) >= 11 is 0. The van der Waals surface area contributed by atoms with E-state index in [1.807, 2.05) is 13.8 Å². The molecule has 0 spiro atoms. The molecule has 6 nitrogen and oxygen atoms in total. The van der Waals surface area contributed by atoms with Gasteiger partial charge in [-0.05, 0) is 80.1 Å². The van der Waals surface area contributed by atoms with Gasteiger partial charge in [-0.1, -0.05) is 5.16 Å². The molecule has 2 atom stereocenters. The van der Waals surface area contributed by atoms with Gasteiger partial charge >= 0.3 is 0 Å². The summed E-state index contributed by atoms with van der Waals surface area (Å²) in [6, 6.07) is 10.2. The van der Waals surface area contributed by atoms with Crippen LogP contribution in [0.5, 0.6) is 0 Å². The van der Waals surface area contributed by atoms with E-state index in [1.54, 1.807) is 23.9 Å². The van der Waals surface area contributed by atoms with Gasteiger partial charge in [0.2, 0.25) is 0 Å². The Hall–Kier alpha value is -3.22. The van der Waals surface area contributed by atoms with Gasteiger partial charge in [-0.15, -0.1) is 0 Å². The summed E-state index contributed by atoms with van der Waals surface area (Å²) in [5.74, 6) is -0.00647. The summed E-state index contributed by atoms with van der Waals surface area (Å²) in [5.41, 5.74) is 5.17. The molecule has 7 heteroatoms. The number of amides is 1. The van der Waals surface area contributed by atoms with Gasteiger partial charge in [0.1, 0.15) is 17.6 Å². The van der Waals surface area contributed by atoms with E-state index in [1.165, 1.54) is 23.3 Å². The van der Waals surface area contributed by atoms with Crippen LogP contribution in [0.25, 0.3) is 16.6 Å². The van der Waals surface area contributed by atoms with E-state index in [0.717, 1.165) is 29.5 Å². The van der Waals surface area contributed by atoms with Crippen LogP contribution in [0.4, 0.5) is 4.39 Å². The molecular formula is C23H23FN4O2. The Kier molecular flexibility index (Phi) is 4.34. The van der Waals surface area contributed by atoms with Gasteiger partial charge in [-0.3, -0.25) is 4.79 Å². The molecule has 154 valence electrons. The maximum absolute atomic E-state index is 13.4. The van der Waals surface area contributed by atoms with Crippen LogP contribution in [0.15, 0.2) is 41.6 Å². The molecule has 3 aromatic rings. The van der Waals surface area contributed by atoms with Crippen molar-refractivity contribution in [2.45, 2.75) is 44.6 Å². The van der Waals surface area contributed by atoms with Gasteiger partial charge in [-0.25, -0.2) is 9.07 Å². The van der Waals surface area contributed by atoms with Gasteiger partial charge in [0.15, 0.2) is 0 Å². The highest BCUT2D eigenvalue weighted by Gasteiger charge is 2.36. The number of oxime groups is 1. The minimum atomic E-state index is -0.333. The van der Waals surface area contributed by atoms with E-state index in [4.69, 9.17) is 9.94 Å². The molecule has 2 aliphatic rings. The summed E-state index contributed by atoms with van der Waals surface area (Å²) < 4.78 is 15.0. The lowest BCUT2D eigenvalue weighted by Gasteiger charge is -2.18. The topological polar surface area (TPSA) is 68.5 Å². The Balaban J connectivity index is 1.76. The van der Waals surface area contributed by atoms with Crippen molar-refractivity contribution < 1.29 is 14.0 Å². The fourth-order valence-corrected chi connectivity index (χ4v) is 4.39. The van der Waals surface area contributed by atoms with Gasteiger partial charge in [0, 0.05) is 12.4 Å². The molecule has 1 saturated carbocycles. The van der Waals surface area contributed by atoms with Crippen LogP contribution in [0, 0.1) is 5.82 Å². The predicted molar refractivity (Wildman–Crippen MR) is 113 cm³/mol. The number of hydrogen-bond donors (Lipinski definition) is 1. The van der Waals surface area contributed by atoms with Gasteiger partial charge < -0.3 is 10.2 Å². The standard InChI is InChI=1S/C23H23FN4O2/c1-12-21(13(2)30-27-12)18-11-20-19(10-17(18)14-4-5-14)22(23(29)25-3)28(26-20)16-8-6-15(24)7-9-16/h6-11,13-14,21H,4-5H2,1-3H3,(H,25,29). The van der Waals surface area contributed by atoms with Gasteiger partial charge in [0.05, 0.1) is 22.8 Å². The minimum absolute atomic E-state index is 0.0439. The lowest BCUT2D eigenvalue weighted by molar-refractivity contribution is 0.0903. The molecule has 1 aliphatic carbocycles. The average molecular weight is 406 g/mol. The number of nitrogens with one attached hydrogen (secondary N) is 1. The first kappa shape index (κ1) is 18.8. The lowest BCUT2D eigenvalue weighted by atomic mass is 9.85. The first-order valence-corrected chi connectivity index (χ1v) is 10.2. The maximum Gasteiger partial charge on any atom is 0.270 e.